The summed E-state index contributed by atoms with van der Waals surface area (Å²) in [6, 6.07) is 0. The van der Waals surface area contributed by atoms with Gasteiger partial charge in [-0.3, -0.25) is 28.8 Å². The van der Waals surface area contributed by atoms with Crippen LogP contribution in [0.4, 0.5) is 0 Å². The molecule has 2 N–H and O–H groups in total. The van der Waals surface area contributed by atoms with Crippen LogP contribution in [0.1, 0.15) is 61.8 Å². The molecule has 2 aliphatic rings. The lowest BCUT2D eigenvalue weighted by Crippen LogP contribution is -2.63. The maximum Gasteiger partial charge on any atom is 0.303 e. The number of allylic oxidation sites excluding steroid dienone is 2. The van der Waals surface area contributed by atoms with Gasteiger partial charge >= 0.3 is 23.9 Å². The molecule has 3 rings (SSSR count). The van der Waals surface area contributed by atoms with Crippen molar-refractivity contribution in [3.63, 3.8) is 0 Å². The van der Waals surface area contributed by atoms with Gasteiger partial charge in [0.05, 0.1) is 11.1 Å². The molecular formula is C26H26Cl2O14. The summed E-state index contributed by atoms with van der Waals surface area (Å²) in [5, 5.41) is 19.9. The number of rotatable bonds is 8. The lowest BCUT2D eigenvalue weighted by atomic mass is 9.85. The molecule has 14 nitrogen and oxygen atoms in total. The van der Waals surface area contributed by atoms with Crippen molar-refractivity contribution in [1.29, 1.82) is 0 Å². The molecule has 5 atom stereocenters. The number of Topliss-reactive ketones (excluding diaryl/α,β-unsaturated/α-hetero) is 2. The highest BCUT2D eigenvalue weighted by Crippen LogP contribution is 2.48. The lowest BCUT2D eigenvalue weighted by molar-refractivity contribution is -0.299. The Morgan fingerprint density at radius 1 is 0.762 bits per heavy atom. The van der Waals surface area contributed by atoms with E-state index in [1.165, 1.54) is 6.92 Å². The molecule has 1 aromatic carbocycles. The van der Waals surface area contributed by atoms with E-state index in [-0.39, 0.29) is 12.0 Å². The molecular weight excluding hydrogens is 607 g/mol. The van der Waals surface area contributed by atoms with Gasteiger partial charge in [-0.1, -0.05) is 30.1 Å². The Morgan fingerprint density at radius 2 is 1.24 bits per heavy atom. The summed E-state index contributed by atoms with van der Waals surface area (Å²) >= 11 is 11.9. The number of aromatic hydroxyl groups is 2. The minimum Gasteiger partial charge on any atom is -0.506 e. The number of phenolic OH excluding ortho intramolecular Hbond substituents is 2. The van der Waals surface area contributed by atoms with Crippen LogP contribution in [0.25, 0.3) is 0 Å². The number of fused-ring (bicyclic) bond motifs is 1. The smallest absolute Gasteiger partial charge is 0.303 e. The quantitative estimate of drug-likeness (QED) is 0.240. The second-order valence-electron chi connectivity index (χ2n) is 9.08. The van der Waals surface area contributed by atoms with Crippen molar-refractivity contribution in [1.82, 2.24) is 0 Å². The summed E-state index contributed by atoms with van der Waals surface area (Å²) in [4.78, 5) is 74.6. The third-order valence-corrected chi connectivity index (χ3v) is 6.91. The van der Waals surface area contributed by atoms with E-state index >= 15 is 0 Å². The SMILES string of the molecule is CCC1=C(O[C@@H]2O[C@H](COC(C)=O)[C@@H](OC(C)=O)[C@H](OC(C)=O)[C@H]2OC(C)=O)C(=O)c2c(O)c(Cl)c(Cl)c(O)c2C1=O. The average molecular weight is 633 g/mol. The van der Waals surface area contributed by atoms with Crippen molar-refractivity contribution in [3.05, 3.63) is 32.5 Å². The fourth-order valence-electron chi connectivity index (χ4n) is 4.46. The molecule has 0 radical (unpaired) electrons. The van der Waals surface area contributed by atoms with E-state index in [0.29, 0.717) is 0 Å². The molecule has 1 aromatic rings. The molecule has 42 heavy (non-hydrogen) atoms. The summed E-state index contributed by atoms with van der Waals surface area (Å²) in [6.07, 6.45) is -8.23. The van der Waals surface area contributed by atoms with Gasteiger partial charge < -0.3 is 38.6 Å². The molecule has 1 saturated heterocycles. The first kappa shape index (κ1) is 32.6. The second kappa shape index (κ2) is 13.0. The van der Waals surface area contributed by atoms with Crippen LogP contribution in [0, 0.1) is 0 Å². The number of phenols is 2. The number of benzene rings is 1. The van der Waals surface area contributed by atoms with Crippen LogP contribution in [-0.4, -0.2) is 83.0 Å². The highest BCUT2D eigenvalue weighted by atomic mass is 35.5. The van der Waals surface area contributed by atoms with Gasteiger partial charge in [-0.15, -0.1) is 0 Å². The molecule has 16 heteroatoms. The van der Waals surface area contributed by atoms with Crippen molar-refractivity contribution in [2.75, 3.05) is 6.61 Å². The molecule has 0 amide bonds. The molecule has 1 heterocycles. The standard InChI is InChI=1S/C26H26Cl2O14/c1-6-12-18(33)14-15(20(35)17(28)16(27)19(14)34)21(36)22(12)42-26-25(40-11(5)32)24(39-10(4)31)23(38-9(3)30)13(41-26)7-37-8(2)29/h13,23-26,34-35H,6-7H2,1-5H3/t13-,23-,24+,25-,26+/m1/s1. The number of halogens is 2. The van der Waals surface area contributed by atoms with E-state index in [1.807, 2.05) is 0 Å². The Bertz CT molecular complexity index is 1380. The van der Waals surface area contributed by atoms with E-state index in [9.17, 15) is 39.0 Å². The Morgan fingerprint density at radius 3 is 1.71 bits per heavy atom. The minimum absolute atomic E-state index is 0.148. The third-order valence-electron chi connectivity index (χ3n) is 6.08. The van der Waals surface area contributed by atoms with Gasteiger partial charge in [0.15, 0.2) is 23.8 Å². The molecule has 1 aliphatic heterocycles. The predicted molar refractivity (Wildman–Crippen MR) is 139 cm³/mol. The van der Waals surface area contributed by atoms with Crippen molar-refractivity contribution < 1.29 is 67.4 Å². The highest BCUT2D eigenvalue weighted by molar-refractivity contribution is 6.45. The van der Waals surface area contributed by atoms with Crippen molar-refractivity contribution in [3.8, 4) is 11.5 Å². The van der Waals surface area contributed by atoms with E-state index < -0.39 is 111 Å². The second-order valence-corrected chi connectivity index (χ2v) is 9.84. The van der Waals surface area contributed by atoms with Crippen LogP contribution < -0.4 is 0 Å². The number of ether oxygens (including phenoxy) is 6. The molecule has 228 valence electrons. The summed E-state index contributed by atoms with van der Waals surface area (Å²) < 4.78 is 32.6. The number of hydrogen-bond donors (Lipinski definition) is 2. The zero-order valence-corrected chi connectivity index (χ0v) is 24.4. The third kappa shape index (κ3) is 6.45. The molecule has 0 saturated carbocycles. The Kier molecular flexibility index (Phi) is 10.1. The first-order chi connectivity index (χ1) is 19.6. The fourth-order valence-corrected chi connectivity index (χ4v) is 4.82. The van der Waals surface area contributed by atoms with Gasteiger partial charge in [0.25, 0.3) is 0 Å². The van der Waals surface area contributed by atoms with Crippen LogP contribution in [0.2, 0.25) is 10.0 Å². The van der Waals surface area contributed by atoms with Crippen LogP contribution in [0.15, 0.2) is 11.3 Å². The normalized spacial score (nSPS) is 23.5. The maximum absolute atomic E-state index is 13.6. The summed E-state index contributed by atoms with van der Waals surface area (Å²) in [5.74, 6) is -7.96. The minimum atomic E-state index is -1.85. The molecule has 1 fully saturated rings. The van der Waals surface area contributed by atoms with Crippen molar-refractivity contribution in [2.24, 2.45) is 0 Å². The summed E-state index contributed by atoms with van der Waals surface area (Å²) in [6.45, 7) is 5.06. The monoisotopic (exact) mass is 632 g/mol. The first-order valence-corrected chi connectivity index (χ1v) is 13.1. The number of hydrogen-bond acceptors (Lipinski definition) is 14. The summed E-state index contributed by atoms with van der Waals surface area (Å²) in [7, 11) is 0. The largest absolute Gasteiger partial charge is 0.506 e. The number of ketones is 2. The zero-order valence-electron chi connectivity index (χ0n) is 22.9. The molecule has 0 bridgehead atoms. The van der Waals surface area contributed by atoms with Crippen LogP contribution >= 0.6 is 23.2 Å². The zero-order chi connectivity index (χ0) is 31.6. The van der Waals surface area contributed by atoms with Crippen molar-refractivity contribution >= 4 is 58.6 Å². The number of carbonyl (C=O) groups is 6. The maximum atomic E-state index is 13.6. The molecule has 0 unspecified atom stereocenters. The van der Waals surface area contributed by atoms with Crippen LogP contribution in [0.3, 0.4) is 0 Å². The lowest BCUT2D eigenvalue weighted by Gasteiger charge is -2.44. The van der Waals surface area contributed by atoms with Crippen molar-refractivity contribution in [2.45, 2.75) is 71.7 Å². The van der Waals surface area contributed by atoms with Gasteiger partial charge in [-0.2, -0.15) is 0 Å². The van der Waals surface area contributed by atoms with Gasteiger partial charge in [0, 0.05) is 33.3 Å². The first-order valence-electron chi connectivity index (χ1n) is 12.3. The highest BCUT2D eigenvalue weighted by Gasteiger charge is 2.54. The Balaban J connectivity index is 2.18. The van der Waals surface area contributed by atoms with Crippen LogP contribution in [0.5, 0.6) is 11.5 Å². The van der Waals surface area contributed by atoms with E-state index in [2.05, 4.69) is 0 Å². The Labute approximate surface area is 248 Å². The van der Waals surface area contributed by atoms with Gasteiger partial charge in [0.1, 0.15) is 34.3 Å². The number of esters is 4. The van der Waals surface area contributed by atoms with Crippen LogP contribution in [-0.2, 0) is 47.6 Å². The molecule has 0 spiro atoms. The topological polar surface area (TPSA) is 198 Å². The number of carbonyl (C=O) groups excluding carboxylic acids is 6. The van der Waals surface area contributed by atoms with E-state index in [4.69, 9.17) is 51.6 Å². The van der Waals surface area contributed by atoms with Gasteiger partial charge in [-0.05, 0) is 6.42 Å². The van der Waals surface area contributed by atoms with Gasteiger partial charge in [0.2, 0.25) is 18.2 Å². The molecule has 0 aromatic heterocycles. The summed E-state index contributed by atoms with van der Waals surface area (Å²) in [5.41, 5.74) is -1.63. The van der Waals surface area contributed by atoms with Gasteiger partial charge in [-0.25, -0.2) is 0 Å². The average Bonchev–Trinajstić information content (AvgIpc) is 2.89. The molecule has 1 aliphatic carbocycles. The predicted octanol–water partition coefficient (Wildman–Crippen LogP) is 2.55. The van der Waals surface area contributed by atoms with E-state index in [1.54, 1.807) is 0 Å². The van der Waals surface area contributed by atoms with E-state index in [0.717, 1.165) is 27.7 Å². The Hall–Kier alpha value is -3.88. The fraction of sp³-hybridized carbons (Fsp3) is 0.462.